The van der Waals surface area contributed by atoms with Crippen molar-refractivity contribution in [1.82, 2.24) is 9.97 Å². The van der Waals surface area contributed by atoms with Gasteiger partial charge >= 0.3 is 0 Å². The third-order valence-electron chi connectivity index (χ3n) is 5.57. The van der Waals surface area contributed by atoms with Crippen molar-refractivity contribution >= 4 is 29.3 Å². The molecule has 1 amide bonds. The number of carbonyl (C=O) groups is 1. The number of aromatic amines is 1. The summed E-state index contributed by atoms with van der Waals surface area (Å²) in [5, 5.41) is 12.6. The van der Waals surface area contributed by atoms with Crippen LogP contribution in [0.15, 0.2) is 29.1 Å². The fourth-order valence-corrected chi connectivity index (χ4v) is 4.19. The molecule has 1 aromatic carbocycles. The molecule has 2 N–H and O–H groups in total. The molecule has 28 heavy (non-hydrogen) atoms. The standard InChI is InChI=1S/C20H20ClN5O2/c1-11-6-8-26(9-7-11)20-24-17-16(19(28)25-20)15(13(10-22)18(27)23-17)12-4-2-3-5-14(12)21/h2-5,11,13,15H,6-9H2,1H3,(H2,23,24,25,27,28). The molecule has 1 aromatic heterocycles. The van der Waals surface area contributed by atoms with E-state index in [0.29, 0.717) is 22.5 Å². The highest BCUT2D eigenvalue weighted by Gasteiger charge is 2.41. The van der Waals surface area contributed by atoms with Crippen LogP contribution < -0.4 is 15.8 Å². The van der Waals surface area contributed by atoms with E-state index >= 15 is 0 Å². The number of amides is 1. The molecule has 2 aliphatic heterocycles. The number of nitriles is 1. The highest BCUT2D eigenvalue weighted by Crippen LogP contribution is 2.40. The predicted octanol–water partition coefficient (Wildman–Crippen LogP) is 2.88. The zero-order valence-corrected chi connectivity index (χ0v) is 16.2. The second-order valence-corrected chi connectivity index (χ2v) is 7.82. The quantitative estimate of drug-likeness (QED) is 0.811. The lowest BCUT2D eigenvalue weighted by atomic mass is 9.79. The summed E-state index contributed by atoms with van der Waals surface area (Å²) >= 11 is 6.33. The smallest absolute Gasteiger partial charge is 0.258 e. The highest BCUT2D eigenvalue weighted by molar-refractivity contribution is 6.31. The Hall–Kier alpha value is -2.85. The third-order valence-corrected chi connectivity index (χ3v) is 5.92. The number of anilines is 2. The zero-order chi connectivity index (χ0) is 19.8. The number of benzene rings is 1. The van der Waals surface area contributed by atoms with Gasteiger partial charge in [-0.05, 0) is 30.4 Å². The number of nitrogens with zero attached hydrogens (tertiary/aromatic N) is 3. The van der Waals surface area contributed by atoms with E-state index in [0.717, 1.165) is 25.9 Å². The van der Waals surface area contributed by atoms with Crippen LogP contribution in [0.25, 0.3) is 0 Å². The van der Waals surface area contributed by atoms with E-state index in [2.05, 4.69) is 22.2 Å². The summed E-state index contributed by atoms with van der Waals surface area (Å²) in [5.41, 5.74) is 0.482. The maximum Gasteiger partial charge on any atom is 0.258 e. The molecule has 2 aliphatic rings. The van der Waals surface area contributed by atoms with E-state index in [4.69, 9.17) is 11.6 Å². The van der Waals surface area contributed by atoms with E-state index in [1.54, 1.807) is 24.3 Å². The summed E-state index contributed by atoms with van der Waals surface area (Å²) in [7, 11) is 0. The second-order valence-electron chi connectivity index (χ2n) is 7.42. The number of fused-ring (bicyclic) bond motifs is 1. The van der Waals surface area contributed by atoms with Crippen LogP contribution in [0.2, 0.25) is 5.02 Å². The number of H-pyrrole nitrogens is 1. The lowest BCUT2D eigenvalue weighted by Gasteiger charge is -2.33. The van der Waals surface area contributed by atoms with E-state index in [1.807, 2.05) is 11.0 Å². The summed E-state index contributed by atoms with van der Waals surface area (Å²) in [6.07, 6.45) is 2.04. The van der Waals surface area contributed by atoms with Gasteiger partial charge in [0.25, 0.3) is 5.56 Å². The first-order valence-electron chi connectivity index (χ1n) is 9.33. The first-order valence-corrected chi connectivity index (χ1v) is 9.71. The topological polar surface area (TPSA) is 102 Å². The number of hydrogen-bond donors (Lipinski definition) is 2. The number of halogens is 1. The maximum absolute atomic E-state index is 13.0. The van der Waals surface area contributed by atoms with Crippen molar-refractivity contribution in [1.29, 1.82) is 5.26 Å². The molecular weight excluding hydrogens is 378 g/mol. The number of hydrogen-bond acceptors (Lipinski definition) is 5. The van der Waals surface area contributed by atoms with Gasteiger partial charge in [-0.2, -0.15) is 10.2 Å². The Morgan fingerprint density at radius 1 is 1.25 bits per heavy atom. The zero-order valence-electron chi connectivity index (χ0n) is 15.4. The molecule has 1 fully saturated rings. The van der Waals surface area contributed by atoms with Crippen LogP contribution in [0.5, 0.6) is 0 Å². The minimum atomic E-state index is -1.06. The molecule has 0 aliphatic carbocycles. The van der Waals surface area contributed by atoms with Crippen LogP contribution in [0.3, 0.4) is 0 Å². The van der Waals surface area contributed by atoms with Crippen LogP contribution in [0, 0.1) is 23.2 Å². The van der Waals surface area contributed by atoms with Crippen molar-refractivity contribution in [3.8, 4) is 6.07 Å². The van der Waals surface area contributed by atoms with Crippen LogP contribution in [-0.2, 0) is 4.79 Å². The maximum atomic E-state index is 13.0. The van der Waals surface area contributed by atoms with Crippen LogP contribution in [0.4, 0.5) is 11.8 Å². The molecule has 4 rings (SSSR count). The molecular formula is C20H20ClN5O2. The lowest BCUT2D eigenvalue weighted by Crippen LogP contribution is -2.40. The highest BCUT2D eigenvalue weighted by atomic mass is 35.5. The van der Waals surface area contributed by atoms with Crippen molar-refractivity contribution in [2.75, 3.05) is 23.3 Å². The molecule has 2 aromatic rings. The molecule has 8 heteroatoms. The van der Waals surface area contributed by atoms with Gasteiger partial charge in [-0.3, -0.25) is 14.6 Å². The van der Waals surface area contributed by atoms with Crippen LogP contribution in [0.1, 0.15) is 36.8 Å². The fourth-order valence-electron chi connectivity index (χ4n) is 3.93. The summed E-state index contributed by atoms with van der Waals surface area (Å²) in [6, 6.07) is 8.97. The van der Waals surface area contributed by atoms with Crippen LogP contribution >= 0.6 is 11.6 Å². The molecule has 0 spiro atoms. The second kappa shape index (κ2) is 7.28. The number of carbonyl (C=O) groups excluding carboxylic acids is 1. The van der Waals surface area contributed by atoms with Crippen molar-refractivity contribution in [3.63, 3.8) is 0 Å². The number of nitrogens with one attached hydrogen (secondary N) is 2. The van der Waals surface area contributed by atoms with Crippen molar-refractivity contribution in [2.24, 2.45) is 11.8 Å². The Morgan fingerprint density at radius 3 is 2.64 bits per heavy atom. The Labute approximate surface area is 167 Å². The third kappa shape index (κ3) is 3.14. The Bertz CT molecular complexity index is 1020. The Balaban J connectivity index is 1.83. The number of aromatic nitrogens is 2. The van der Waals surface area contributed by atoms with E-state index in [9.17, 15) is 14.9 Å². The van der Waals surface area contributed by atoms with Gasteiger partial charge in [-0.1, -0.05) is 36.7 Å². The van der Waals surface area contributed by atoms with Gasteiger partial charge in [-0.15, -0.1) is 0 Å². The van der Waals surface area contributed by atoms with Gasteiger partial charge in [0.15, 0.2) is 0 Å². The molecule has 0 radical (unpaired) electrons. The SMILES string of the molecule is CC1CCN(c2nc3c(c(=O)[nH]2)C(c2ccccc2Cl)C(C#N)C(=O)N3)CC1. The van der Waals surface area contributed by atoms with Gasteiger partial charge in [0, 0.05) is 24.0 Å². The van der Waals surface area contributed by atoms with Crippen molar-refractivity contribution < 1.29 is 4.79 Å². The van der Waals surface area contributed by atoms with Gasteiger partial charge in [-0.25, -0.2) is 0 Å². The Morgan fingerprint density at radius 2 is 1.96 bits per heavy atom. The molecule has 2 atom stereocenters. The molecule has 7 nitrogen and oxygen atoms in total. The van der Waals surface area contributed by atoms with E-state index in [-0.39, 0.29) is 16.9 Å². The predicted molar refractivity (Wildman–Crippen MR) is 106 cm³/mol. The van der Waals surface area contributed by atoms with Gasteiger partial charge in [0.1, 0.15) is 11.7 Å². The Kier molecular flexibility index (Phi) is 4.82. The molecule has 3 heterocycles. The number of rotatable bonds is 2. The monoisotopic (exact) mass is 397 g/mol. The molecule has 0 bridgehead atoms. The van der Waals surface area contributed by atoms with Crippen molar-refractivity contribution in [2.45, 2.75) is 25.7 Å². The fraction of sp³-hybridized carbons (Fsp3) is 0.400. The summed E-state index contributed by atoms with van der Waals surface area (Å²) in [4.78, 5) is 35.0. The summed E-state index contributed by atoms with van der Waals surface area (Å²) in [6.45, 7) is 3.80. The van der Waals surface area contributed by atoms with Gasteiger partial charge in [0.2, 0.25) is 11.9 Å². The number of piperidine rings is 1. The normalized spacial score (nSPS) is 22.3. The molecule has 1 saturated heterocycles. The average molecular weight is 398 g/mol. The first kappa shape index (κ1) is 18.5. The summed E-state index contributed by atoms with van der Waals surface area (Å²) in [5.74, 6) is -1.01. The van der Waals surface area contributed by atoms with E-state index in [1.165, 1.54) is 0 Å². The van der Waals surface area contributed by atoms with Gasteiger partial charge < -0.3 is 10.2 Å². The minimum Gasteiger partial charge on any atom is -0.342 e. The largest absolute Gasteiger partial charge is 0.342 e. The average Bonchev–Trinajstić information content (AvgIpc) is 2.68. The van der Waals surface area contributed by atoms with Crippen LogP contribution in [-0.4, -0.2) is 29.0 Å². The first-order chi connectivity index (χ1) is 13.5. The minimum absolute atomic E-state index is 0.207. The summed E-state index contributed by atoms with van der Waals surface area (Å²) < 4.78 is 0. The van der Waals surface area contributed by atoms with Crippen molar-refractivity contribution in [3.05, 3.63) is 50.8 Å². The molecule has 144 valence electrons. The molecule has 0 saturated carbocycles. The van der Waals surface area contributed by atoms with Gasteiger partial charge in [0.05, 0.1) is 11.6 Å². The van der Waals surface area contributed by atoms with E-state index < -0.39 is 17.7 Å². The lowest BCUT2D eigenvalue weighted by molar-refractivity contribution is -0.119. The molecule has 2 unspecified atom stereocenters.